The van der Waals surface area contributed by atoms with Gasteiger partial charge in [-0.3, -0.25) is 4.79 Å². The Hall–Kier alpha value is -1.26. The van der Waals surface area contributed by atoms with E-state index in [4.69, 9.17) is 5.11 Å². The van der Waals surface area contributed by atoms with Crippen molar-refractivity contribution in [2.45, 2.75) is 20.3 Å². The quantitative estimate of drug-likeness (QED) is 0.672. The summed E-state index contributed by atoms with van der Waals surface area (Å²) in [4.78, 5) is 21.1. The minimum Gasteiger partial charge on any atom is -0.481 e. The molecule has 0 saturated heterocycles. The Morgan fingerprint density at radius 2 is 2.15 bits per heavy atom. The molecule has 1 amide bonds. The molecule has 0 aliphatic carbocycles. The Morgan fingerprint density at radius 3 is 2.62 bits per heavy atom. The van der Waals surface area contributed by atoms with Gasteiger partial charge in [-0.25, -0.2) is 4.79 Å². The number of alkyl carbamates (subject to hydrolysis) is 1. The van der Waals surface area contributed by atoms with Crippen LogP contribution in [0.15, 0.2) is 0 Å². The summed E-state index contributed by atoms with van der Waals surface area (Å²) in [7, 11) is 0. The highest BCUT2D eigenvalue weighted by atomic mass is 16.5. The van der Waals surface area contributed by atoms with Gasteiger partial charge in [0.25, 0.3) is 0 Å². The molecular weight excluding hydrogens is 174 g/mol. The molecule has 76 valence electrons. The van der Waals surface area contributed by atoms with Crippen LogP contribution >= 0.6 is 0 Å². The highest BCUT2D eigenvalue weighted by molar-refractivity contribution is 5.70. The van der Waals surface area contributed by atoms with Gasteiger partial charge < -0.3 is 15.2 Å². The van der Waals surface area contributed by atoms with Crippen LogP contribution in [0.2, 0.25) is 0 Å². The number of hydrogen-bond donors (Lipinski definition) is 2. The largest absolute Gasteiger partial charge is 0.481 e. The summed E-state index contributed by atoms with van der Waals surface area (Å²) >= 11 is 0. The van der Waals surface area contributed by atoms with Crippen LogP contribution in [0.3, 0.4) is 0 Å². The van der Waals surface area contributed by atoms with Crippen molar-refractivity contribution in [2.24, 2.45) is 5.92 Å². The summed E-state index contributed by atoms with van der Waals surface area (Å²) in [5, 5.41) is 11.0. The Labute approximate surface area is 77.1 Å². The fourth-order valence-electron chi connectivity index (χ4n) is 0.696. The molecule has 1 atom stereocenters. The lowest BCUT2D eigenvalue weighted by molar-refractivity contribution is -0.141. The molecular formula is C8H15NO4. The fraction of sp³-hybridized carbons (Fsp3) is 0.750. The summed E-state index contributed by atoms with van der Waals surface area (Å²) < 4.78 is 4.59. The molecule has 0 aromatic rings. The van der Waals surface area contributed by atoms with E-state index in [1.165, 1.54) is 0 Å². The molecule has 0 aromatic carbocycles. The van der Waals surface area contributed by atoms with Gasteiger partial charge in [0, 0.05) is 6.54 Å². The van der Waals surface area contributed by atoms with E-state index < -0.39 is 18.0 Å². The minimum atomic E-state index is -0.856. The number of carbonyl (C=O) groups is 2. The van der Waals surface area contributed by atoms with Crippen molar-refractivity contribution < 1.29 is 19.4 Å². The van der Waals surface area contributed by atoms with Crippen molar-refractivity contribution in [1.29, 1.82) is 0 Å². The van der Waals surface area contributed by atoms with Crippen LogP contribution in [0.1, 0.15) is 20.3 Å². The third-order valence-electron chi connectivity index (χ3n) is 1.54. The second-order valence-corrected chi connectivity index (χ2v) is 2.68. The molecule has 1 unspecified atom stereocenters. The third kappa shape index (κ3) is 5.95. The molecule has 13 heavy (non-hydrogen) atoms. The van der Waals surface area contributed by atoms with E-state index >= 15 is 0 Å². The van der Waals surface area contributed by atoms with E-state index in [2.05, 4.69) is 10.1 Å². The number of hydrogen-bond acceptors (Lipinski definition) is 3. The van der Waals surface area contributed by atoms with Crippen LogP contribution < -0.4 is 5.32 Å². The zero-order valence-corrected chi connectivity index (χ0v) is 7.87. The summed E-state index contributed by atoms with van der Waals surface area (Å²) in [5.41, 5.74) is 0. The summed E-state index contributed by atoms with van der Waals surface area (Å²) in [5.74, 6) is -1.30. The van der Waals surface area contributed by atoms with Crippen LogP contribution in [0.5, 0.6) is 0 Å². The maximum absolute atomic E-state index is 10.7. The van der Waals surface area contributed by atoms with Crippen molar-refractivity contribution in [3.63, 3.8) is 0 Å². The van der Waals surface area contributed by atoms with Crippen LogP contribution in [0.25, 0.3) is 0 Å². The fourth-order valence-corrected chi connectivity index (χ4v) is 0.696. The molecule has 0 radical (unpaired) electrons. The average Bonchev–Trinajstić information content (AvgIpc) is 2.04. The van der Waals surface area contributed by atoms with Crippen molar-refractivity contribution in [2.75, 3.05) is 13.2 Å². The first-order chi connectivity index (χ1) is 6.07. The molecule has 2 N–H and O–H groups in total. The van der Waals surface area contributed by atoms with E-state index in [0.29, 0.717) is 19.6 Å². The Morgan fingerprint density at radius 1 is 1.54 bits per heavy atom. The number of rotatable bonds is 5. The summed E-state index contributed by atoms with van der Waals surface area (Å²) in [6, 6.07) is 0. The second kappa shape index (κ2) is 6.28. The maximum Gasteiger partial charge on any atom is 0.407 e. The van der Waals surface area contributed by atoms with E-state index in [1.807, 2.05) is 0 Å². The van der Waals surface area contributed by atoms with E-state index in [9.17, 15) is 9.59 Å². The van der Waals surface area contributed by atoms with Crippen LogP contribution in [0.4, 0.5) is 4.79 Å². The highest BCUT2D eigenvalue weighted by Gasteiger charge is 2.10. The van der Waals surface area contributed by atoms with Gasteiger partial charge in [-0.1, -0.05) is 6.92 Å². The first kappa shape index (κ1) is 11.7. The molecule has 5 nitrogen and oxygen atoms in total. The molecule has 0 aliphatic heterocycles. The van der Waals surface area contributed by atoms with Crippen LogP contribution in [0, 0.1) is 5.92 Å². The SMILES string of the molecule is CCOC(=O)NCCC(C)C(=O)O. The van der Waals surface area contributed by atoms with Crippen molar-refractivity contribution in [3.8, 4) is 0 Å². The van der Waals surface area contributed by atoms with Gasteiger partial charge >= 0.3 is 12.1 Å². The molecule has 0 saturated carbocycles. The molecule has 0 spiro atoms. The Kier molecular flexibility index (Phi) is 5.67. The predicted molar refractivity (Wildman–Crippen MR) is 46.4 cm³/mol. The van der Waals surface area contributed by atoms with Gasteiger partial charge in [0.1, 0.15) is 0 Å². The standard InChI is InChI=1S/C8H15NO4/c1-3-13-8(12)9-5-4-6(2)7(10)11/h6H,3-5H2,1-2H3,(H,9,12)(H,10,11). The topological polar surface area (TPSA) is 75.6 Å². The molecule has 0 aromatic heterocycles. The number of ether oxygens (including phenoxy) is 1. The maximum atomic E-state index is 10.7. The van der Waals surface area contributed by atoms with Gasteiger partial charge in [0.2, 0.25) is 0 Å². The zero-order valence-electron chi connectivity index (χ0n) is 7.87. The van der Waals surface area contributed by atoms with E-state index in [1.54, 1.807) is 13.8 Å². The highest BCUT2D eigenvalue weighted by Crippen LogP contribution is 1.99. The number of aliphatic carboxylic acids is 1. The van der Waals surface area contributed by atoms with Crippen molar-refractivity contribution in [3.05, 3.63) is 0 Å². The lowest BCUT2D eigenvalue weighted by Gasteiger charge is -2.07. The summed E-state index contributed by atoms with van der Waals surface area (Å²) in [6.45, 7) is 3.95. The van der Waals surface area contributed by atoms with E-state index in [-0.39, 0.29) is 0 Å². The first-order valence-corrected chi connectivity index (χ1v) is 4.21. The Bertz CT molecular complexity index is 181. The van der Waals surface area contributed by atoms with Gasteiger partial charge in [0.15, 0.2) is 0 Å². The molecule has 0 fully saturated rings. The predicted octanol–water partition coefficient (Wildman–Crippen LogP) is 0.843. The number of carboxylic acids is 1. The lowest BCUT2D eigenvalue weighted by Crippen LogP contribution is -2.27. The van der Waals surface area contributed by atoms with Crippen molar-refractivity contribution in [1.82, 2.24) is 5.32 Å². The third-order valence-corrected chi connectivity index (χ3v) is 1.54. The normalized spacial score (nSPS) is 11.8. The first-order valence-electron chi connectivity index (χ1n) is 4.21. The van der Waals surface area contributed by atoms with Crippen molar-refractivity contribution >= 4 is 12.1 Å². The van der Waals surface area contributed by atoms with Gasteiger partial charge in [-0.2, -0.15) is 0 Å². The van der Waals surface area contributed by atoms with Gasteiger partial charge in [-0.15, -0.1) is 0 Å². The van der Waals surface area contributed by atoms with E-state index in [0.717, 1.165) is 0 Å². The van der Waals surface area contributed by atoms with Gasteiger partial charge in [0.05, 0.1) is 12.5 Å². The van der Waals surface area contributed by atoms with Crippen LogP contribution in [-0.4, -0.2) is 30.3 Å². The average molecular weight is 189 g/mol. The monoisotopic (exact) mass is 189 g/mol. The molecule has 0 bridgehead atoms. The number of carbonyl (C=O) groups excluding carboxylic acids is 1. The second-order valence-electron chi connectivity index (χ2n) is 2.68. The molecule has 0 rings (SSSR count). The number of carboxylic acid groups (broad SMARTS) is 1. The molecule has 5 heteroatoms. The molecule has 0 aliphatic rings. The number of nitrogens with one attached hydrogen (secondary N) is 1. The molecule has 0 heterocycles. The zero-order chi connectivity index (χ0) is 10.3. The lowest BCUT2D eigenvalue weighted by atomic mass is 10.1. The smallest absolute Gasteiger partial charge is 0.407 e. The number of amides is 1. The Balaban J connectivity index is 3.44. The van der Waals surface area contributed by atoms with Gasteiger partial charge in [-0.05, 0) is 13.3 Å². The van der Waals surface area contributed by atoms with Crippen LogP contribution in [-0.2, 0) is 9.53 Å². The summed E-state index contributed by atoms with van der Waals surface area (Å²) in [6.07, 6.45) is -0.0891. The minimum absolute atomic E-state index is 0.320.